The average molecular weight is 443 g/mol. The number of benzene rings is 2. The second-order valence-corrected chi connectivity index (χ2v) is 8.85. The van der Waals surface area contributed by atoms with Crippen molar-refractivity contribution in [3.05, 3.63) is 77.1 Å². The maximum atomic E-state index is 16.1. The number of alkyl halides is 2. The summed E-state index contributed by atoms with van der Waals surface area (Å²) in [6.07, 6.45) is 1.26. The van der Waals surface area contributed by atoms with Crippen molar-refractivity contribution in [1.82, 2.24) is 20.2 Å². The molecule has 0 radical (unpaired) electrons. The standard InChI is InChI=1S/C22H17F4N5O/c23-16-5-6-18(24)17(7-16)21(32,12-31-13-28-29-30-31)22(25,26)20-9-19(10-20,11-20)15-3-1-14(8-27)2-4-15/h1-7,13,32H,9-12H2/t19?,20?,21-/m1/s1. The Morgan fingerprint density at radius 2 is 1.78 bits per heavy atom. The van der Waals surface area contributed by atoms with E-state index in [0.717, 1.165) is 22.6 Å². The van der Waals surface area contributed by atoms with Crippen LogP contribution in [0.5, 0.6) is 0 Å². The Hall–Kier alpha value is -3.32. The smallest absolute Gasteiger partial charge is 0.287 e. The molecule has 0 spiro atoms. The molecule has 3 aliphatic rings. The highest BCUT2D eigenvalue weighted by atomic mass is 19.3. The fourth-order valence-corrected chi connectivity index (χ4v) is 5.42. The highest BCUT2D eigenvalue weighted by Gasteiger charge is 2.82. The van der Waals surface area contributed by atoms with Gasteiger partial charge in [-0.05, 0) is 71.0 Å². The van der Waals surface area contributed by atoms with E-state index in [1.807, 2.05) is 6.07 Å². The van der Waals surface area contributed by atoms with Crippen LogP contribution in [0.4, 0.5) is 17.6 Å². The zero-order valence-electron chi connectivity index (χ0n) is 16.6. The molecule has 164 valence electrons. The summed E-state index contributed by atoms with van der Waals surface area (Å²) in [6, 6.07) is 10.9. The molecular formula is C22H17F4N5O. The lowest BCUT2D eigenvalue weighted by Crippen LogP contribution is -2.76. The zero-order valence-corrected chi connectivity index (χ0v) is 16.6. The van der Waals surface area contributed by atoms with Crippen molar-refractivity contribution in [2.45, 2.75) is 42.7 Å². The van der Waals surface area contributed by atoms with Gasteiger partial charge < -0.3 is 5.11 Å². The molecule has 0 amide bonds. The summed E-state index contributed by atoms with van der Waals surface area (Å²) in [4.78, 5) is 0. The summed E-state index contributed by atoms with van der Waals surface area (Å²) >= 11 is 0. The molecule has 1 atom stereocenters. The van der Waals surface area contributed by atoms with Gasteiger partial charge in [0.15, 0.2) is 5.60 Å². The van der Waals surface area contributed by atoms with E-state index in [4.69, 9.17) is 5.26 Å². The first kappa shape index (κ1) is 20.6. The van der Waals surface area contributed by atoms with E-state index in [9.17, 15) is 13.9 Å². The van der Waals surface area contributed by atoms with Crippen LogP contribution in [0.2, 0.25) is 0 Å². The van der Waals surface area contributed by atoms with Crippen molar-refractivity contribution >= 4 is 0 Å². The Balaban J connectivity index is 1.51. The van der Waals surface area contributed by atoms with Gasteiger partial charge in [0.1, 0.15) is 18.0 Å². The van der Waals surface area contributed by atoms with Gasteiger partial charge in [0, 0.05) is 11.0 Å². The van der Waals surface area contributed by atoms with Gasteiger partial charge in [-0.1, -0.05) is 12.1 Å². The van der Waals surface area contributed by atoms with Crippen LogP contribution in [0.1, 0.15) is 36.0 Å². The molecule has 6 rings (SSSR count). The first-order chi connectivity index (χ1) is 15.1. The lowest BCUT2D eigenvalue weighted by Gasteiger charge is -2.74. The Kier molecular flexibility index (Phi) is 4.24. The minimum Gasteiger partial charge on any atom is -0.377 e. The Bertz CT molecular complexity index is 1200. The third kappa shape index (κ3) is 2.64. The van der Waals surface area contributed by atoms with E-state index in [2.05, 4.69) is 15.5 Å². The molecule has 0 saturated heterocycles. The van der Waals surface area contributed by atoms with Crippen LogP contribution in [0.3, 0.4) is 0 Å². The fraction of sp³-hybridized carbons (Fsp3) is 0.364. The second-order valence-electron chi connectivity index (χ2n) is 8.85. The van der Waals surface area contributed by atoms with Gasteiger partial charge in [0.2, 0.25) is 0 Å². The van der Waals surface area contributed by atoms with E-state index in [-0.39, 0.29) is 19.3 Å². The van der Waals surface area contributed by atoms with Crippen molar-refractivity contribution in [1.29, 1.82) is 5.26 Å². The number of rotatable bonds is 6. The molecule has 0 unspecified atom stereocenters. The maximum Gasteiger partial charge on any atom is 0.287 e. The molecule has 1 heterocycles. The Morgan fingerprint density at radius 1 is 1.09 bits per heavy atom. The lowest BCUT2D eigenvalue weighted by molar-refractivity contribution is -0.347. The normalized spacial score (nSPS) is 25.9. The van der Waals surface area contributed by atoms with Crippen LogP contribution in [0.25, 0.3) is 0 Å². The van der Waals surface area contributed by atoms with Crippen LogP contribution in [0.15, 0.2) is 48.8 Å². The average Bonchev–Trinajstić information content (AvgIpc) is 3.20. The SMILES string of the molecule is N#Cc1ccc(C23CC(C(F)(F)[C@@](O)(Cn4cnnn4)c4cc(F)ccc4F)(C2)C3)cc1. The molecule has 6 nitrogen and oxygen atoms in total. The predicted molar refractivity (Wildman–Crippen MR) is 102 cm³/mol. The lowest BCUT2D eigenvalue weighted by atomic mass is 9.30. The number of nitrogens with zero attached hydrogens (tertiary/aromatic N) is 5. The second kappa shape index (κ2) is 6.59. The van der Waals surface area contributed by atoms with Crippen LogP contribution in [-0.2, 0) is 17.6 Å². The number of halogens is 4. The number of tetrazole rings is 1. The van der Waals surface area contributed by atoms with Gasteiger partial charge in [0.05, 0.1) is 18.2 Å². The minimum atomic E-state index is -3.81. The van der Waals surface area contributed by atoms with Gasteiger partial charge in [0.25, 0.3) is 5.92 Å². The van der Waals surface area contributed by atoms with E-state index in [1.165, 1.54) is 0 Å². The number of nitriles is 1. The Labute approximate surface area is 180 Å². The van der Waals surface area contributed by atoms with Crippen molar-refractivity contribution in [3.8, 4) is 6.07 Å². The molecule has 3 aromatic rings. The molecule has 2 aromatic carbocycles. The summed E-state index contributed by atoms with van der Waals surface area (Å²) in [5.41, 5.74) is -4.66. The summed E-state index contributed by atoms with van der Waals surface area (Å²) in [7, 11) is 0. The quantitative estimate of drug-likeness (QED) is 0.590. The third-order valence-electron chi connectivity index (χ3n) is 7.00. The number of hydrogen-bond donors (Lipinski definition) is 1. The van der Waals surface area contributed by atoms with Crippen molar-refractivity contribution in [2.75, 3.05) is 0 Å². The summed E-state index contributed by atoms with van der Waals surface area (Å²) in [5, 5.41) is 30.6. The minimum absolute atomic E-state index is 0.0771. The number of aliphatic hydroxyl groups is 1. The van der Waals surface area contributed by atoms with Gasteiger partial charge in [-0.3, -0.25) is 0 Å². The zero-order chi connectivity index (χ0) is 22.8. The van der Waals surface area contributed by atoms with Crippen LogP contribution >= 0.6 is 0 Å². The molecule has 3 fully saturated rings. The summed E-state index contributed by atoms with van der Waals surface area (Å²) in [5.74, 6) is -5.90. The monoisotopic (exact) mass is 443 g/mol. The molecule has 0 aliphatic heterocycles. The van der Waals surface area contributed by atoms with Gasteiger partial charge >= 0.3 is 0 Å². The van der Waals surface area contributed by atoms with Crippen molar-refractivity contribution in [3.63, 3.8) is 0 Å². The molecule has 3 aliphatic carbocycles. The van der Waals surface area contributed by atoms with Gasteiger partial charge in [-0.2, -0.15) is 5.26 Å². The predicted octanol–water partition coefficient (Wildman–Crippen LogP) is 3.47. The molecule has 32 heavy (non-hydrogen) atoms. The van der Waals surface area contributed by atoms with E-state index in [1.54, 1.807) is 24.3 Å². The van der Waals surface area contributed by atoms with Crippen LogP contribution in [-0.4, -0.2) is 31.2 Å². The highest BCUT2D eigenvalue weighted by molar-refractivity contribution is 5.45. The topological polar surface area (TPSA) is 87.6 Å². The first-order valence-corrected chi connectivity index (χ1v) is 9.92. The van der Waals surface area contributed by atoms with Crippen molar-refractivity contribution < 1.29 is 22.7 Å². The molecule has 1 aromatic heterocycles. The van der Waals surface area contributed by atoms with Crippen LogP contribution < -0.4 is 0 Å². The molecule has 2 bridgehead atoms. The number of aromatic nitrogens is 4. The van der Waals surface area contributed by atoms with Crippen molar-refractivity contribution in [2.24, 2.45) is 5.41 Å². The highest BCUT2D eigenvalue weighted by Crippen LogP contribution is 2.80. The van der Waals surface area contributed by atoms with E-state index < -0.39 is 46.1 Å². The maximum absolute atomic E-state index is 16.1. The third-order valence-corrected chi connectivity index (χ3v) is 7.00. The van der Waals surface area contributed by atoms with Gasteiger partial charge in [-0.15, -0.1) is 5.10 Å². The van der Waals surface area contributed by atoms with Crippen LogP contribution in [0, 0.1) is 28.4 Å². The molecule has 10 heteroatoms. The number of hydrogen-bond acceptors (Lipinski definition) is 5. The molecular weight excluding hydrogens is 426 g/mol. The molecule has 1 N–H and O–H groups in total. The summed E-state index contributed by atoms with van der Waals surface area (Å²) < 4.78 is 61.5. The molecule has 3 saturated carbocycles. The Morgan fingerprint density at radius 3 is 2.38 bits per heavy atom. The summed E-state index contributed by atoms with van der Waals surface area (Å²) in [6.45, 7) is -0.848. The largest absolute Gasteiger partial charge is 0.377 e. The van der Waals surface area contributed by atoms with E-state index >= 15 is 8.78 Å². The van der Waals surface area contributed by atoms with Gasteiger partial charge in [-0.25, -0.2) is 22.2 Å². The van der Waals surface area contributed by atoms with E-state index in [0.29, 0.717) is 17.7 Å². The fourth-order valence-electron chi connectivity index (χ4n) is 5.42. The first-order valence-electron chi connectivity index (χ1n) is 9.92.